The first-order valence-electron chi connectivity index (χ1n) is 3.81. The van der Waals surface area contributed by atoms with Crippen molar-refractivity contribution in [2.75, 3.05) is 0 Å². The van der Waals surface area contributed by atoms with Crippen LogP contribution in [0.4, 0.5) is 0 Å². The first kappa shape index (κ1) is 7.11. The fourth-order valence-corrected chi connectivity index (χ4v) is 1.13. The van der Waals surface area contributed by atoms with Gasteiger partial charge in [-0.05, 0) is 36.8 Å². The van der Waals surface area contributed by atoms with E-state index in [1.165, 1.54) is 18.4 Å². The Kier molecular flexibility index (Phi) is 1.82. The molecule has 0 unspecified atom stereocenters. The van der Waals surface area contributed by atoms with Gasteiger partial charge in [0.1, 0.15) is 5.15 Å². The smallest absolute Gasteiger partial charge is 0.129 e. The Morgan fingerprint density at radius 2 is 2.27 bits per heavy atom. The third-order valence-corrected chi connectivity index (χ3v) is 2.02. The molecule has 1 aliphatic rings. The zero-order valence-corrected chi connectivity index (χ0v) is 6.88. The molecule has 1 aliphatic carbocycles. The van der Waals surface area contributed by atoms with Crippen molar-refractivity contribution in [1.29, 1.82) is 0 Å². The van der Waals surface area contributed by atoms with Gasteiger partial charge in [-0.15, -0.1) is 0 Å². The van der Waals surface area contributed by atoms with Gasteiger partial charge in [0.15, 0.2) is 0 Å². The molecule has 1 aromatic rings. The molecule has 0 saturated heterocycles. The maximum absolute atomic E-state index is 5.64. The van der Waals surface area contributed by atoms with Crippen molar-refractivity contribution in [3.63, 3.8) is 0 Å². The van der Waals surface area contributed by atoms with E-state index in [4.69, 9.17) is 11.6 Å². The van der Waals surface area contributed by atoms with E-state index in [9.17, 15) is 0 Å². The Bertz CT molecular complexity index is 238. The van der Waals surface area contributed by atoms with Crippen molar-refractivity contribution in [2.45, 2.75) is 12.8 Å². The SMILES string of the molecule is Clc1ccc([CH]C2CC2)cn1. The molecule has 1 saturated carbocycles. The summed E-state index contributed by atoms with van der Waals surface area (Å²) in [5.41, 5.74) is 1.19. The van der Waals surface area contributed by atoms with E-state index < -0.39 is 0 Å². The Balaban J connectivity index is 2.06. The molecule has 0 amide bonds. The first-order valence-corrected chi connectivity index (χ1v) is 4.19. The summed E-state index contributed by atoms with van der Waals surface area (Å²) in [5, 5.41) is 0.568. The number of halogens is 1. The minimum Gasteiger partial charge on any atom is -0.244 e. The fraction of sp³-hybridized carbons (Fsp3) is 0.333. The van der Waals surface area contributed by atoms with Crippen LogP contribution in [0, 0.1) is 12.3 Å². The zero-order chi connectivity index (χ0) is 7.68. The molecule has 0 aliphatic heterocycles. The molecule has 1 nitrogen and oxygen atoms in total. The molecular formula is C9H9ClN. The standard InChI is InChI=1S/C9H9ClN/c10-9-4-3-8(6-11-9)5-7-1-2-7/h3-7H,1-2H2. The number of aromatic nitrogens is 1. The summed E-state index contributed by atoms with van der Waals surface area (Å²) in [4.78, 5) is 3.99. The normalized spacial score (nSPS) is 16.8. The zero-order valence-electron chi connectivity index (χ0n) is 6.13. The van der Waals surface area contributed by atoms with Crippen molar-refractivity contribution in [1.82, 2.24) is 4.98 Å². The molecule has 0 bridgehead atoms. The maximum Gasteiger partial charge on any atom is 0.129 e. The quantitative estimate of drug-likeness (QED) is 0.616. The van der Waals surface area contributed by atoms with Crippen LogP contribution in [0.25, 0.3) is 0 Å². The average molecular weight is 167 g/mol. The molecule has 2 heteroatoms. The van der Waals surface area contributed by atoms with Crippen molar-refractivity contribution in [3.05, 3.63) is 35.5 Å². The van der Waals surface area contributed by atoms with E-state index in [2.05, 4.69) is 11.4 Å². The number of pyridine rings is 1. The van der Waals surface area contributed by atoms with Crippen LogP contribution in [-0.2, 0) is 0 Å². The van der Waals surface area contributed by atoms with Gasteiger partial charge < -0.3 is 0 Å². The van der Waals surface area contributed by atoms with E-state index in [0.29, 0.717) is 5.15 Å². The Morgan fingerprint density at radius 1 is 1.45 bits per heavy atom. The second kappa shape index (κ2) is 2.82. The van der Waals surface area contributed by atoms with Crippen LogP contribution in [0.1, 0.15) is 18.4 Å². The highest BCUT2D eigenvalue weighted by molar-refractivity contribution is 6.29. The molecular weight excluding hydrogens is 158 g/mol. The topological polar surface area (TPSA) is 12.9 Å². The molecule has 0 aromatic carbocycles. The van der Waals surface area contributed by atoms with Gasteiger partial charge in [-0.3, -0.25) is 0 Å². The number of hydrogen-bond acceptors (Lipinski definition) is 1. The molecule has 11 heavy (non-hydrogen) atoms. The van der Waals surface area contributed by atoms with Crippen molar-refractivity contribution < 1.29 is 0 Å². The Morgan fingerprint density at radius 3 is 2.82 bits per heavy atom. The monoisotopic (exact) mass is 166 g/mol. The second-order valence-electron chi connectivity index (χ2n) is 2.92. The molecule has 0 atom stereocenters. The molecule has 1 radical (unpaired) electrons. The van der Waals surface area contributed by atoms with Crippen LogP contribution in [0.2, 0.25) is 5.15 Å². The minimum atomic E-state index is 0.568. The van der Waals surface area contributed by atoms with Crippen LogP contribution in [-0.4, -0.2) is 4.98 Å². The van der Waals surface area contributed by atoms with E-state index in [1.807, 2.05) is 18.3 Å². The number of hydrogen-bond donors (Lipinski definition) is 0. The summed E-state index contributed by atoms with van der Waals surface area (Å²) in [6.45, 7) is 0. The van der Waals surface area contributed by atoms with Crippen LogP contribution in [0.15, 0.2) is 18.3 Å². The lowest BCUT2D eigenvalue weighted by Crippen LogP contribution is -1.84. The largest absolute Gasteiger partial charge is 0.244 e. The lowest BCUT2D eigenvalue weighted by molar-refractivity contribution is 1.02. The van der Waals surface area contributed by atoms with Crippen LogP contribution >= 0.6 is 11.6 Å². The summed E-state index contributed by atoms with van der Waals surface area (Å²) in [5.74, 6) is 0.804. The molecule has 2 rings (SSSR count). The molecule has 57 valence electrons. The Hall–Kier alpha value is -0.560. The minimum absolute atomic E-state index is 0.568. The van der Waals surface area contributed by atoms with Crippen molar-refractivity contribution in [2.24, 2.45) is 5.92 Å². The van der Waals surface area contributed by atoms with Gasteiger partial charge in [-0.2, -0.15) is 0 Å². The number of nitrogens with zero attached hydrogens (tertiary/aromatic N) is 1. The summed E-state index contributed by atoms with van der Waals surface area (Å²) in [7, 11) is 0. The average Bonchev–Trinajstić information content (AvgIpc) is 2.78. The van der Waals surface area contributed by atoms with Crippen molar-refractivity contribution in [3.8, 4) is 0 Å². The molecule has 1 heterocycles. The summed E-state index contributed by atoms with van der Waals surface area (Å²) in [6.07, 6.45) is 6.75. The van der Waals surface area contributed by atoms with Gasteiger partial charge in [-0.25, -0.2) is 4.98 Å². The molecule has 0 N–H and O–H groups in total. The third-order valence-electron chi connectivity index (χ3n) is 1.80. The highest BCUT2D eigenvalue weighted by atomic mass is 35.5. The summed E-state index contributed by atoms with van der Waals surface area (Å²) < 4.78 is 0. The van der Waals surface area contributed by atoms with Gasteiger partial charge in [0, 0.05) is 6.20 Å². The summed E-state index contributed by atoms with van der Waals surface area (Å²) in [6, 6.07) is 3.84. The van der Waals surface area contributed by atoms with Gasteiger partial charge >= 0.3 is 0 Å². The fourth-order valence-electron chi connectivity index (χ4n) is 1.02. The van der Waals surface area contributed by atoms with E-state index >= 15 is 0 Å². The van der Waals surface area contributed by atoms with E-state index in [0.717, 1.165) is 5.92 Å². The van der Waals surface area contributed by atoms with Crippen LogP contribution in [0.5, 0.6) is 0 Å². The third kappa shape index (κ3) is 1.93. The Labute approximate surface area is 71.4 Å². The van der Waals surface area contributed by atoms with Gasteiger partial charge in [0.2, 0.25) is 0 Å². The molecule has 1 fully saturated rings. The van der Waals surface area contributed by atoms with E-state index in [-0.39, 0.29) is 0 Å². The van der Waals surface area contributed by atoms with Gasteiger partial charge in [0.05, 0.1) is 0 Å². The van der Waals surface area contributed by atoms with E-state index in [1.54, 1.807) is 0 Å². The van der Waals surface area contributed by atoms with Gasteiger partial charge in [0.25, 0.3) is 0 Å². The van der Waals surface area contributed by atoms with Crippen molar-refractivity contribution >= 4 is 11.6 Å². The highest BCUT2D eigenvalue weighted by Crippen LogP contribution is 2.33. The predicted octanol–water partition coefficient (Wildman–Crippen LogP) is 2.70. The molecule has 0 spiro atoms. The first-order chi connectivity index (χ1) is 5.34. The lowest BCUT2D eigenvalue weighted by atomic mass is 10.1. The predicted molar refractivity (Wildman–Crippen MR) is 45.4 cm³/mol. The second-order valence-corrected chi connectivity index (χ2v) is 3.31. The maximum atomic E-state index is 5.64. The lowest BCUT2D eigenvalue weighted by Gasteiger charge is -1.96. The van der Waals surface area contributed by atoms with Gasteiger partial charge in [-0.1, -0.05) is 17.7 Å². The highest BCUT2D eigenvalue weighted by Gasteiger charge is 2.21. The summed E-state index contributed by atoms with van der Waals surface area (Å²) >= 11 is 5.64. The van der Waals surface area contributed by atoms with Crippen LogP contribution < -0.4 is 0 Å². The molecule has 1 aromatic heterocycles. The number of rotatable bonds is 2. The van der Waals surface area contributed by atoms with Crippen LogP contribution in [0.3, 0.4) is 0 Å².